The Morgan fingerprint density at radius 3 is 2.27 bits per heavy atom. The van der Waals surface area contributed by atoms with Crippen LogP contribution in [0.5, 0.6) is 5.75 Å². The highest BCUT2D eigenvalue weighted by atomic mass is 19.4. The van der Waals surface area contributed by atoms with Crippen molar-refractivity contribution in [2.75, 3.05) is 5.32 Å². The molecule has 2 aromatic carbocycles. The predicted molar refractivity (Wildman–Crippen MR) is 143 cm³/mol. The molecule has 3 aromatic rings. The summed E-state index contributed by atoms with van der Waals surface area (Å²) in [5.41, 5.74) is 2.08. The third kappa shape index (κ3) is 5.66. The Morgan fingerprint density at radius 2 is 1.68 bits per heavy atom. The number of amides is 3. The molecule has 3 amide bonds. The molecule has 1 saturated heterocycles. The topological polar surface area (TPSA) is 112 Å². The quantitative estimate of drug-likeness (QED) is 0.353. The molecule has 2 aliphatic rings. The molecule has 8 nitrogen and oxygen atoms in total. The van der Waals surface area contributed by atoms with Crippen molar-refractivity contribution in [1.82, 2.24) is 10.2 Å². The molecular weight excluding hydrogens is 539 g/mol. The fraction of sp³-hybridized carbons (Fsp3) is 0.367. The zero-order valence-corrected chi connectivity index (χ0v) is 22.4. The number of rotatable bonds is 7. The van der Waals surface area contributed by atoms with Crippen LogP contribution in [0.1, 0.15) is 49.0 Å². The van der Waals surface area contributed by atoms with Gasteiger partial charge in [0.05, 0.1) is 5.69 Å². The SMILES string of the molecule is CC(C)C[C@@H]1C(=O)N[C@H](C2Cc3ccccc3C2)C(=O)N1[C@@H](C(=O)Nc1ccccc1O)c1ccc(C(F)(F)F)o1. The molecule has 0 bridgehead atoms. The highest BCUT2D eigenvalue weighted by molar-refractivity contribution is 6.03. The summed E-state index contributed by atoms with van der Waals surface area (Å²) in [5.74, 6) is -4.50. The number of anilines is 1. The Bertz CT molecular complexity index is 1440. The zero-order chi connectivity index (χ0) is 29.5. The van der Waals surface area contributed by atoms with Gasteiger partial charge in [-0.2, -0.15) is 13.2 Å². The fourth-order valence-electron chi connectivity index (χ4n) is 5.70. The Hall–Kier alpha value is -4.28. The minimum atomic E-state index is -4.84. The van der Waals surface area contributed by atoms with Crippen LogP contribution in [0, 0.1) is 11.8 Å². The second-order valence-electron chi connectivity index (χ2n) is 10.9. The molecule has 1 fully saturated rings. The minimum absolute atomic E-state index is 0.0118. The van der Waals surface area contributed by atoms with Crippen LogP contribution in [0.25, 0.3) is 0 Å². The van der Waals surface area contributed by atoms with Crippen LogP contribution in [-0.4, -0.2) is 39.8 Å². The van der Waals surface area contributed by atoms with E-state index in [0.717, 1.165) is 22.1 Å². The number of halogens is 3. The number of carbonyl (C=O) groups excluding carboxylic acids is 3. The third-order valence-electron chi connectivity index (χ3n) is 7.57. The van der Waals surface area contributed by atoms with Gasteiger partial charge in [-0.05, 0) is 66.5 Å². The second kappa shape index (κ2) is 10.9. The summed E-state index contributed by atoms with van der Waals surface area (Å²) in [6, 6.07) is 11.3. The van der Waals surface area contributed by atoms with E-state index < -0.39 is 53.5 Å². The molecule has 1 aromatic heterocycles. The molecule has 1 aliphatic heterocycles. The number of para-hydroxylation sites is 2. The number of hydrogen-bond donors (Lipinski definition) is 3. The van der Waals surface area contributed by atoms with E-state index in [-0.39, 0.29) is 29.7 Å². The van der Waals surface area contributed by atoms with E-state index in [2.05, 4.69) is 10.6 Å². The second-order valence-corrected chi connectivity index (χ2v) is 10.9. The van der Waals surface area contributed by atoms with Gasteiger partial charge in [-0.1, -0.05) is 50.2 Å². The first kappa shape index (κ1) is 28.3. The van der Waals surface area contributed by atoms with Crippen LogP contribution in [-0.2, 0) is 33.4 Å². The van der Waals surface area contributed by atoms with E-state index >= 15 is 0 Å². The van der Waals surface area contributed by atoms with E-state index in [0.29, 0.717) is 18.9 Å². The lowest BCUT2D eigenvalue weighted by Gasteiger charge is -2.44. The Labute approximate surface area is 234 Å². The molecule has 3 atom stereocenters. The van der Waals surface area contributed by atoms with Crippen molar-refractivity contribution in [3.63, 3.8) is 0 Å². The van der Waals surface area contributed by atoms with Crippen molar-refractivity contribution in [3.8, 4) is 5.75 Å². The summed E-state index contributed by atoms with van der Waals surface area (Å²) in [6.07, 6.45) is -3.65. The van der Waals surface area contributed by atoms with Gasteiger partial charge in [-0.25, -0.2) is 0 Å². The van der Waals surface area contributed by atoms with E-state index in [1.807, 2.05) is 38.1 Å². The molecule has 1 aliphatic carbocycles. The first-order valence-electron chi connectivity index (χ1n) is 13.4. The van der Waals surface area contributed by atoms with E-state index in [4.69, 9.17) is 4.42 Å². The maximum absolute atomic E-state index is 14.3. The molecule has 5 rings (SSSR count). The van der Waals surface area contributed by atoms with Gasteiger partial charge in [0, 0.05) is 0 Å². The van der Waals surface area contributed by atoms with Crippen molar-refractivity contribution in [3.05, 3.63) is 83.3 Å². The lowest BCUT2D eigenvalue weighted by atomic mass is 9.88. The number of phenols is 1. The van der Waals surface area contributed by atoms with Gasteiger partial charge >= 0.3 is 6.18 Å². The van der Waals surface area contributed by atoms with Gasteiger partial charge < -0.3 is 25.1 Å². The number of nitrogens with zero attached hydrogens (tertiary/aromatic N) is 1. The lowest BCUT2D eigenvalue weighted by Crippen LogP contribution is -2.67. The van der Waals surface area contributed by atoms with Crippen molar-refractivity contribution in [2.24, 2.45) is 11.8 Å². The lowest BCUT2D eigenvalue weighted by molar-refractivity contribution is -0.159. The number of benzene rings is 2. The molecule has 0 saturated carbocycles. The number of carbonyl (C=O) groups is 3. The number of fused-ring (bicyclic) bond motifs is 1. The molecule has 11 heteroatoms. The molecule has 216 valence electrons. The van der Waals surface area contributed by atoms with Gasteiger partial charge in [-0.3, -0.25) is 14.4 Å². The maximum atomic E-state index is 14.3. The average Bonchev–Trinajstić information content (AvgIpc) is 3.57. The number of aromatic hydroxyl groups is 1. The Kier molecular flexibility index (Phi) is 7.54. The molecule has 0 radical (unpaired) electrons. The molecule has 2 heterocycles. The maximum Gasteiger partial charge on any atom is 0.449 e. The van der Waals surface area contributed by atoms with Crippen molar-refractivity contribution in [1.29, 1.82) is 0 Å². The van der Waals surface area contributed by atoms with E-state index in [1.54, 1.807) is 6.07 Å². The molecule has 0 spiro atoms. The number of furan rings is 1. The summed E-state index contributed by atoms with van der Waals surface area (Å²) in [4.78, 5) is 42.7. The van der Waals surface area contributed by atoms with Crippen LogP contribution in [0.2, 0.25) is 0 Å². The van der Waals surface area contributed by atoms with Gasteiger partial charge in [0.2, 0.25) is 17.6 Å². The number of phenolic OH excluding ortho intramolecular Hbond substituents is 1. The van der Waals surface area contributed by atoms with Crippen molar-refractivity contribution in [2.45, 2.75) is 57.4 Å². The smallest absolute Gasteiger partial charge is 0.449 e. The number of nitrogens with one attached hydrogen (secondary N) is 2. The molecule has 0 unspecified atom stereocenters. The normalized spacial score (nSPS) is 20.2. The monoisotopic (exact) mass is 569 g/mol. The summed E-state index contributed by atoms with van der Waals surface area (Å²) in [5, 5.41) is 15.6. The van der Waals surface area contributed by atoms with Crippen LogP contribution in [0.4, 0.5) is 18.9 Å². The standard InChI is InChI=1S/C30H30F3N3O5/c1-16(2)13-21-27(38)35-25(19-14-17-7-3-4-8-18(17)15-19)29(40)36(21)26(23-11-12-24(41-23)30(31,32)33)28(39)34-20-9-5-6-10-22(20)37/h3-12,16,19,21,25-26,37H,13-15H2,1-2H3,(H,34,39)(H,35,38)/t21-,25-,26-/m1/s1. The van der Waals surface area contributed by atoms with Gasteiger partial charge in [0.15, 0.2) is 6.04 Å². The fourth-order valence-corrected chi connectivity index (χ4v) is 5.70. The van der Waals surface area contributed by atoms with Crippen LogP contribution in [0.3, 0.4) is 0 Å². The van der Waals surface area contributed by atoms with Crippen LogP contribution >= 0.6 is 0 Å². The first-order chi connectivity index (χ1) is 19.4. The Balaban J connectivity index is 1.57. The number of alkyl halides is 3. The highest BCUT2D eigenvalue weighted by Crippen LogP contribution is 2.38. The molecule has 41 heavy (non-hydrogen) atoms. The largest absolute Gasteiger partial charge is 0.506 e. The molecular formula is C30H30F3N3O5. The summed E-state index contributed by atoms with van der Waals surface area (Å²) in [7, 11) is 0. The van der Waals surface area contributed by atoms with Crippen molar-refractivity contribution < 1.29 is 37.1 Å². The van der Waals surface area contributed by atoms with E-state index in [9.17, 15) is 32.7 Å². The van der Waals surface area contributed by atoms with Crippen molar-refractivity contribution >= 4 is 23.4 Å². The summed E-state index contributed by atoms with van der Waals surface area (Å²) >= 11 is 0. The summed E-state index contributed by atoms with van der Waals surface area (Å²) < 4.78 is 45.7. The zero-order valence-electron chi connectivity index (χ0n) is 22.4. The number of hydrogen-bond acceptors (Lipinski definition) is 5. The minimum Gasteiger partial charge on any atom is -0.506 e. The van der Waals surface area contributed by atoms with E-state index in [1.165, 1.54) is 18.2 Å². The number of piperazine rings is 1. The first-order valence-corrected chi connectivity index (χ1v) is 13.4. The van der Waals surface area contributed by atoms with Crippen LogP contribution in [0.15, 0.2) is 65.1 Å². The third-order valence-corrected chi connectivity index (χ3v) is 7.57. The average molecular weight is 570 g/mol. The van der Waals surface area contributed by atoms with Crippen LogP contribution < -0.4 is 10.6 Å². The summed E-state index contributed by atoms with van der Waals surface area (Å²) in [6.45, 7) is 3.67. The van der Waals surface area contributed by atoms with Gasteiger partial charge in [0.1, 0.15) is 23.6 Å². The Morgan fingerprint density at radius 1 is 1.05 bits per heavy atom. The molecule has 3 N–H and O–H groups in total. The predicted octanol–water partition coefficient (Wildman–Crippen LogP) is 4.84. The highest BCUT2D eigenvalue weighted by Gasteiger charge is 2.50. The van der Waals surface area contributed by atoms with Gasteiger partial charge in [0.25, 0.3) is 5.91 Å². The van der Waals surface area contributed by atoms with Gasteiger partial charge in [-0.15, -0.1) is 0 Å².